The molecule has 0 spiro atoms. The SMILES string of the molecule is COc1ccc(CS[C@@H]2[C@@H](C(=O)NNC(=O)c3ccc(Cl)cc3Cl)C3CCN2CC3)cc1. The molecule has 0 saturated carbocycles. The predicted molar refractivity (Wildman–Crippen MR) is 128 cm³/mol. The normalized spacial score (nSPS) is 24.1. The highest BCUT2D eigenvalue weighted by Gasteiger charge is 2.46. The summed E-state index contributed by atoms with van der Waals surface area (Å²) in [6, 6.07) is 12.6. The van der Waals surface area contributed by atoms with Crippen molar-refractivity contribution in [2.45, 2.75) is 24.0 Å². The summed E-state index contributed by atoms with van der Waals surface area (Å²) < 4.78 is 5.23. The van der Waals surface area contributed by atoms with Gasteiger partial charge in [0.05, 0.1) is 29.0 Å². The Morgan fingerprint density at radius 1 is 1.09 bits per heavy atom. The van der Waals surface area contributed by atoms with Gasteiger partial charge in [-0.3, -0.25) is 25.3 Å². The van der Waals surface area contributed by atoms with Gasteiger partial charge in [-0.2, -0.15) is 0 Å². The number of amides is 2. The molecule has 2 aromatic carbocycles. The summed E-state index contributed by atoms with van der Waals surface area (Å²) in [6.45, 7) is 2.00. The number of piperidine rings is 3. The van der Waals surface area contributed by atoms with Gasteiger partial charge in [0.2, 0.25) is 5.91 Å². The zero-order chi connectivity index (χ0) is 22.7. The third-order valence-corrected chi connectivity index (χ3v) is 8.09. The van der Waals surface area contributed by atoms with Crippen molar-refractivity contribution in [1.82, 2.24) is 15.8 Å². The van der Waals surface area contributed by atoms with E-state index in [1.807, 2.05) is 24.3 Å². The minimum absolute atomic E-state index is 0.0700. The molecule has 2 atom stereocenters. The van der Waals surface area contributed by atoms with E-state index in [1.165, 1.54) is 17.7 Å². The molecule has 170 valence electrons. The van der Waals surface area contributed by atoms with Gasteiger partial charge in [-0.1, -0.05) is 35.3 Å². The van der Waals surface area contributed by atoms with E-state index in [4.69, 9.17) is 27.9 Å². The first kappa shape index (κ1) is 23.2. The Morgan fingerprint density at radius 2 is 1.81 bits per heavy atom. The summed E-state index contributed by atoms with van der Waals surface area (Å²) >= 11 is 13.8. The molecule has 3 aliphatic rings. The lowest BCUT2D eigenvalue weighted by Crippen LogP contribution is -2.59. The molecule has 0 aliphatic carbocycles. The van der Waals surface area contributed by atoms with Crippen molar-refractivity contribution in [2.75, 3.05) is 20.2 Å². The molecule has 3 saturated heterocycles. The van der Waals surface area contributed by atoms with Crippen LogP contribution >= 0.6 is 35.0 Å². The lowest BCUT2D eigenvalue weighted by atomic mass is 9.78. The van der Waals surface area contributed by atoms with Crippen LogP contribution in [0, 0.1) is 11.8 Å². The molecule has 0 unspecified atom stereocenters. The molecular weight excluding hydrogens is 469 g/mol. The van der Waals surface area contributed by atoms with E-state index in [2.05, 4.69) is 15.8 Å². The molecule has 2 amide bonds. The fourth-order valence-corrected chi connectivity index (χ4v) is 6.42. The van der Waals surface area contributed by atoms with Crippen LogP contribution in [0.3, 0.4) is 0 Å². The Balaban J connectivity index is 1.40. The van der Waals surface area contributed by atoms with Crippen LogP contribution in [-0.2, 0) is 10.5 Å². The second kappa shape index (κ2) is 10.3. The molecule has 0 radical (unpaired) electrons. The number of hydrazine groups is 1. The van der Waals surface area contributed by atoms with Crippen LogP contribution in [0.15, 0.2) is 42.5 Å². The molecular formula is C23H25Cl2N3O3S. The molecule has 3 heterocycles. The highest BCUT2D eigenvalue weighted by atomic mass is 35.5. The van der Waals surface area contributed by atoms with Crippen LogP contribution < -0.4 is 15.6 Å². The Labute approximate surface area is 201 Å². The molecule has 5 rings (SSSR count). The molecule has 6 nitrogen and oxygen atoms in total. The number of nitrogens with one attached hydrogen (secondary N) is 2. The van der Waals surface area contributed by atoms with Gasteiger partial charge < -0.3 is 4.74 Å². The number of nitrogens with zero attached hydrogens (tertiary/aromatic N) is 1. The van der Waals surface area contributed by atoms with Gasteiger partial charge in [0.25, 0.3) is 5.91 Å². The van der Waals surface area contributed by atoms with Crippen molar-refractivity contribution in [1.29, 1.82) is 0 Å². The summed E-state index contributed by atoms with van der Waals surface area (Å²) in [4.78, 5) is 28.0. The predicted octanol–water partition coefficient (Wildman–Crippen LogP) is 4.36. The first-order valence-corrected chi connectivity index (χ1v) is 12.3. The van der Waals surface area contributed by atoms with Crippen LogP contribution in [0.25, 0.3) is 0 Å². The minimum atomic E-state index is -0.469. The number of hydrogen-bond acceptors (Lipinski definition) is 5. The van der Waals surface area contributed by atoms with Crippen LogP contribution in [0.5, 0.6) is 5.75 Å². The van der Waals surface area contributed by atoms with E-state index < -0.39 is 5.91 Å². The molecule has 2 N–H and O–H groups in total. The Hall–Kier alpha value is -1.93. The van der Waals surface area contributed by atoms with E-state index in [-0.39, 0.29) is 27.8 Å². The summed E-state index contributed by atoms with van der Waals surface area (Å²) in [5, 5.41) is 0.750. The maximum Gasteiger partial charge on any atom is 0.271 e. The third kappa shape index (κ3) is 5.17. The maximum atomic E-state index is 13.1. The van der Waals surface area contributed by atoms with Crippen molar-refractivity contribution in [3.63, 3.8) is 0 Å². The standard InChI is InChI=1S/C23H25Cl2N3O3S/c1-31-17-5-2-14(3-6-17)13-32-23-20(15-8-10-28(23)11-9-15)22(30)27-26-21(29)18-7-4-16(24)12-19(18)25/h2-7,12,15,20,23H,8-11,13H2,1H3,(H,26,29)(H,27,30)/t20-,23-/m1/s1. The zero-order valence-electron chi connectivity index (χ0n) is 17.6. The smallest absolute Gasteiger partial charge is 0.271 e. The monoisotopic (exact) mass is 493 g/mol. The van der Waals surface area contributed by atoms with Gasteiger partial charge in [0.15, 0.2) is 0 Å². The van der Waals surface area contributed by atoms with Gasteiger partial charge in [-0.15, -0.1) is 11.8 Å². The number of ether oxygens (including phenoxy) is 1. The molecule has 3 aliphatic heterocycles. The van der Waals surface area contributed by atoms with Gasteiger partial charge in [-0.25, -0.2) is 0 Å². The number of rotatable bonds is 6. The first-order chi connectivity index (χ1) is 15.5. The fourth-order valence-electron chi connectivity index (χ4n) is 4.39. The van der Waals surface area contributed by atoms with Gasteiger partial charge in [-0.05, 0) is 67.7 Å². The maximum absolute atomic E-state index is 13.1. The zero-order valence-corrected chi connectivity index (χ0v) is 20.0. The summed E-state index contributed by atoms with van der Waals surface area (Å²) in [5.74, 6) is 1.11. The van der Waals surface area contributed by atoms with Crippen molar-refractivity contribution < 1.29 is 14.3 Å². The second-order valence-electron chi connectivity index (χ2n) is 8.02. The van der Waals surface area contributed by atoms with E-state index in [0.717, 1.165) is 37.4 Å². The van der Waals surface area contributed by atoms with E-state index in [1.54, 1.807) is 24.9 Å². The van der Waals surface area contributed by atoms with Gasteiger partial charge >= 0.3 is 0 Å². The number of thioether (sulfide) groups is 1. The van der Waals surface area contributed by atoms with Crippen molar-refractivity contribution >= 4 is 46.8 Å². The molecule has 32 heavy (non-hydrogen) atoms. The number of halogens is 2. The minimum Gasteiger partial charge on any atom is -0.497 e. The topological polar surface area (TPSA) is 70.7 Å². The van der Waals surface area contributed by atoms with Crippen LogP contribution in [0.1, 0.15) is 28.8 Å². The summed E-state index contributed by atoms with van der Waals surface area (Å²) in [5.41, 5.74) is 6.59. The summed E-state index contributed by atoms with van der Waals surface area (Å²) in [7, 11) is 1.65. The van der Waals surface area contributed by atoms with Crippen molar-refractivity contribution in [2.24, 2.45) is 11.8 Å². The van der Waals surface area contributed by atoms with Crippen molar-refractivity contribution in [3.8, 4) is 5.75 Å². The Morgan fingerprint density at radius 3 is 2.47 bits per heavy atom. The number of hydrogen-bond donors (Lipinski definition) is 2. The average Bonchev–Trinajstić information content (AvgIpc) is 2.81. The van der Waals surface area contributed by atoms with E-state index in [9.17, 15) is 9.59 Å². The highest BCUT2D eigenvalue weighted by molar-refractivity contribution is 7.99. The first-order valence-electron chi connectivity index (χ1n) is 10.5. The summed E-state index contributed by atoms with van der Waals surface area (Å²) in [6.07, 6.45) is 1.99. The molecule has 0 aromatic heterocycles. The number of methoxy groups -OCH3 is 1. The van der Waals surface area contributed by atoms with Gasteiger partial charge in [0, 0.05) is 10.8 Å². The molecule has 9 heteroatoms. The van der Waals surface area contributed by atoms with E-state index in [0.29, 0.717) is 10.9 Å². The lowest BCUT2D eigenvalue weighted by Gasteiger charge is -2.49. The fraction of sp³-hybridized carbons (Fsp3) is 0.391. The molecule has 2 aromatic rings. The van der Waals surface area contributed by atoms with Crippen LogP contribution in [0.4, 0.5) is 0 Å². The lowest BCUT2D eigenvalue weighted by molar-refractivity contribution is -0.133. The van der Waals surface area contributed by atoms with Gasteiger partial charge in [0.1, 0.15) is 5.75 Å². The third-order valence-electron chi connectivity index (χ3n) is 6.11. The number of fused-ring (bicyclic) bond motifs is 3. The highest BCUT2D eigenvalue weighted by Crippen LogP contribution is 2.42. The molecule has 3 fully saturated rings. The number of carbonyl (C=O) groups is 2. The second-order valence-corrected chi connectivity index (χ2v) is 9.96. The van der Waals surface area contributed by atoms with Crippen molar-refractivity contribution in [3.05, 3.63) is 63.6 Å². The number of benzene rings is 2. The van der Waals surface area contributed by atoms with Crippen LogP contribution in [0.2, 0.25) is 10.0 Å². The van der Waals surface area contributed by atoms with E-state index >= 15 is 0 Å². The largest absolute Gasteiger partial charge is 0.497 e. The Kier molecular flexibility index (Phi) is 7.51. The average molecular weight is 494 g/mol. The Bertz CT molecular complexity index is 981. The quantitative estimate of drug-likeness (QED) is 0.584. The molecule has 2 bridgehead atoms. The number of carbonyl (C=O) groups excluding carboxylic acids is 2. The van der Waals surface area contributed by atoms with Crippen LogP contribution in [-0.4, -0.2) is 42.3 Å².